The molecule has 0 aliphatic rings. The van der Waals surface area contributed by atoms with E-state index >= 15 is 0 Å². The zero-order valence-corrected chi connectivity index (χ0v) is 10.2. The zero-order chi connectivity index (χ0) is 11.7. The van der Waals surface area contributed by atoms with Gasteiger partial charge < -0.3 is 5.32 Å². The lowest BCUT2D eigenvalue weighted by Crippen LogP contribution is -2.05. The third-order valence-electron chi connectivity index (χ3n) is 2.24. The minimum Gasteiger partial charge on any atom is -0.365 e. The van der Waals surface area contributed by atoms with Gasteiger partial charge in [-0.25, -0.2) is 0 Å². The summed E-state index contributed by atoms with van der Waals surface area (Å²) in [6, 6.07) is 5.82. The van der Waals surface area contributed by atoms with Crippen molar-refractivity contribution in [3.8, 4) is 0 Å². The summed E-state index contributed by atoms with van der Waals surface area (Å²) in [5, 5.41) is 9.79. The first-order valence-corrected chi connectivity index (χ1v) is 6.21. The summed E-state index contributed by atoms with van der Waals surface area (Å²) < 4.78 is 1.62. The Hall–Kier alpha value is -1.66. The van der Waals surface area contributed by atoms with E-state index in [1.807, 2.05) is 11.4 Å². The first-order valence-electron chi connectivity index (χ1n) is 4.95. The van der Waals surface area contributed by atoms with E-state index in [2.05, 4.69) is 26.4 Å². The van der Waals surface area contributed by atoms with Crippen molar-refractivity contribution >= 4 is 34.5 Å². The van der Waals surface area contributed by atoms with E-state index < -0.39 is 0 Å². The van der Waals surface area contributed by atoms with Crippen molar-refractivity contribution in [3.05, 3.63) is 39.9 Å². The monoisotopic (exact) mass is 265 g/mol. The number of rotatable bonds is 3. The van der Waals surface area contributed by atoms with E-state index in [4.69, 9.17) is 11.6 Å². The molecule has 0 unspecified atom stereocenters. The normalized spacial score (nSPS) is 10.9. The zero-order valence-electron chi connectivity index (χ0n) is 8.67. The van der Waals surface area contributed by atoms with Gasteiger partial charge in [-0.2, -0.15) is 19.6 Å². The van der Waals surface area contributed by atoms with E-state index in [1.165, 1.54) is 11.2 Å². The van der Waals surface area contributed by atoms with Crippen molar-refractivity contribution in [3.63, 3.8) is 0 Å². The molecule has 3 heterocycles. The van der Waals surface area contributed by atoms with Crippen molar-refractivity contribution < 1.29 is 0 Å². The summed E-state index contributed by atoms with van der Waals surface area (Å²) >= 11 is 7.61. The molecule has 0 radical (unpaired) electrons. The van der Waals surface area contributed by atoms with E-state index in [1.54, 1.807) is 21.9 Å². The van der Waals surface area contributed by atoms with Crippen LogP contribution in [0.2, 0.25) is 5.15 Å². The quantitative estimate of drug-likeness (QED) is 0.739. The topological polar surface area (TPSA) is 55.1 Å². The molecular formula is C10H8ClN5S. The van der Waals surface area contributed by atoms with E-state index in [0.717, 1.165) is 12.4 Å². The molecule has 0 bridgehead atoms. The third kappa shape index (κ3) is 2.09. The van der Waals surface area contributed by atoms with Crippen LogP contribution in [0.4, 0.5) is 5.82 Å². The number of halogens is 1. The van der Waals surface area contributed by atoms with Crippen LogP contribution in [-0.2, 0) is 6.54 Å². The number of nitrogens with zero attached hydrogens (tertiary/aromatic N) is 4. The van der Waals surface area contributed by atoms with Crippen LogP contribution in [0.1, 0.15) is 4.88 Å². The first kappa shape index (κ1) is 10.5. The molecule has 3 rings (SSSR count). The average Bonchev–Trinajstić information content (AvgIpc) is 2.95. The molecule has 5 nitrogen and oxygen atoms in total. The number of aromatic nitrogens is 4. The lowest BCUT2D eigenvalue weighted by molar-refractivity contribution is 0.928. The number of anilines is 1. The van der Waals surface area contributed by atoms with Crippen LogP contribution in [0.25, 0.3) is 5.78 Å². The third-order valence-corrected chi connectivity index (χ3v) is 3.31. The second-order valence-corrected chi connectivity index (χ2v) is 4.79. The van der Waals surface area contributed by atoms with Crippen molar-refractivity contribution in [2.45, 2.75) is 6.54 Å². The minimum atomic E-state index is 0.402. The second kappa shape index (κ2) is 4.31. The van der Waals surface area contributed by atoms with Crippen LogP contribution in [-0.4, -0.2) is 19.6 Å². The molecule has 3 aromatic rings. The van der Waals surface area contributed by atoms with Crippen LogP contribution in [0.3, 0.4) is 0 Å². The second-order valence-electron chi connectivity index (χ2n) is 3.37. The Morgan fingerprint density at radius 3 is 3.24 bits per heavy atom. The number of hydrogen-bond donors (Lipinski definition) is 1. The van der Waals surface area contributed by atoms with Crippen LogP contribution in [0.5, 0.6) is 0 Å². The summed E-state index contributed by atoms with van der Waals surface area (Å²) in [6.45, 7) is 0.729. The first-order chi connectivity index (χ1) is 8.33. The van der Waals surface area contributed by atoms with Gasteiger partial charge in [0, 0.05) is 10.9 Å². The van der Waals surface area contributed by atoms with Crippen molar-refractivity contribution in [2.75, 3.05) is 5.32 Å². The van der Waals surface area contributed by atoms with Gasteiger partial charge in [0.05, 0.1) is 6.54 Å². The fourth-order valence-electron chi connectivity index (χ4n) is 1.50. The Morgan fingerprint density at radius 2 is 2.41 bits per heavy atom. The summed E-state index contributed by atoms with van der Waals surface area (Å²) in [6.07, 6.45) is 1.45. The van der Waals surface area contributed by atoms with E-state index in [9.17, 15) is 0 Å². The highest BCUT2D eigenvalue weighted by Gasteiger charge is 2.06. The van der Waals surface area contributed by atoms with Gasteiger partial charge in [0.1, 0.15) is 17.3 Å². The Kier molecular flexibility index (Phi) is 2.66. The van der Waals surface area contributed by atoms with Gasteiger partial charge in [-0.05, 0) is 11.4 Å². The average molecular weight is 266 g/mol. The Balaban J connectivity index is 1.91. The van der Waals surface area contributed by atoms with Crippen LogP contribution in [0, 0.1) is 0 Å². The minimum absolute atomic E-state index is 0.402. The Morgan fingerprint density at radius 1 is 1.47 bits per heavy atom. The summed E-state index contributed by atoms with van der Waals surface area (Å²) in [4.78, 5) is 9.30. The predicted molar refractivity (Wildman–Crippen MR) is 67.4 cm³/mol. The molecule has 1 N–H and O–H groups in total. The van der Waals surface area contributed by atoms with Crippen molar-refractivity contribution in [2.24, 2.45) is 0 Å². The number of nitrogens with one attached hydrogen (secondary N) is 1. The van der Waals surface area contributed by atoms with Crippen LogP contribution >= 0.6 is 22.9 Å². The molecule has 7 heteroatoms. The lowest BCUT2D eigenvalue weighted by atomic mass is 10.4. The maximum absolute atomic E-state index is 5.91. The number of fused-ring (bicyclic) bond motifs is 1. The smallest absolute Gasteiger partial charge is 0.255 e. The fourth-order valence-corrected chi connectivity index (χ4v) is 2.32. The maximum Gasteiger partial charge on any atom is 0.255 e. The van der Waals surface area contributed by atoms with Gasteiger partial charge in [0.15, 0.2) is 0 Å². The molecule has 86 valence electrons. The van der Waals surface area contributed by atoms with Gasteiger partial charge in [0.25, 0.3) is 5.78 Å². The number of hydrogen-bond acceptors (Lipinski definition) is 5. The van der Waals surface area contributed by atoms with Gasteiger partial charge >= 0.3 is 0 Å². The molecule has 0 spiro atoms. The van der Waals surface area contributed by atoms with Crippen molar-refractivity contribution in [1.29, 1.82) is 0 Å². The Bertz CT molecular complexity index is 633. The Labute approximate surface area is 106 Å². The molecule has 0 fully saturated rings. The van der Waals surface area contributed by atoms with Crippen molar-refractivity contribution in [1.82, 2.24) is 19.6 Å². The van der Waals surface area contributed by atoms with Gasteiger partial charge in [-0.3, -0.25) is 0 Å². The van der Waals surface area contributed by atoms with E-state index in [-0.39, 0.29) is 0 Å². The summed E-state index contributed by atoms with van der Waals surface area (Å²) in [5.74, 6) is 1.28. The predicted octanol–water partition coefficient (Wildman–Crippen LogP) is 2.45. The maximum atomic E-state index is 5.91. The molecule has 0 aliphatic heterocycles. The summed E-state index contributed by atoms with van der Waals surface area (Å²) in [7, 11) is 0. The molecule has 0 aromatic carbocycles. The summed E-state index contributed by atoms with van der Waals surface area (Å²) in [5.41, 5.74) is 0. The van der Waals surface area contributed by atoms with Gasteiger partial charge in [-0.1, -0.05) is 17.7 Å². The number of thiophene rings is 1. The fraction of sp³-hybridized carbons (Fsp3) is 0.100. The lowest BCUT2D eigenvalue weighted by Gasteiger charge is -2.06. The SMILES string of the molecule is Clc1cc(NCc2cccs2)n2ncnc2n1. The van der Waals surface area contributed by atoms with Crippen LogP contribution < -0.4 is 5.32 Å². The largest absolute Gasteiger partial charge is 0.365 e. The highest BCUT2D eigenvalue weighted by atomic mass is 35.5. The molecule has 17 heavy (non-hydrogen) atoms. The molecule has 0 saturated heterocycles. The molecule has 0 atom stereocenters. The molecule has 3 aromatic heterocycles. The molecular weight excluding hydrogens is 258 g/mol. The van der Waals surface area contributed by atoms with E-state index in [0.29, 0.717) is 10.9 Å². The highest BCUT2D eigenvalue weighted by Crippen LogP contribution is 2.16. The highest BCUT2D eigenvalue weighted by molar-refractivity contribution is 7.09. The molecule has 0 saturated carbocycles. The van der Waals surface area contributed by atoms with Gasteiger partial charge in [-0.15, -0.1) is 11.3 Å². The molecule has 0 aliphatic carbocycles. The van der Waals surface area contributed by atoms with Crippen LogP contribution in [0.15, 0.2) is 29.9 Å². The van der Waals surface area contributed by atoms with Gasteiger partial charge in [0.2, 0.25) is 0 Å². The standard InChI is InChI=1S/C10H8ClN5S/c11-8-4-9(12-5-7-2-1-3-17-7)16-10(15-8)13-6-14-16/h1-4,6,12H,5H2. The molecule has 0 amide bonds.